The Balaban J connectivity index is 2.00. The molecule has 0 saturated heterocycles. The molecule has 2 heterocycles. The summed E-state index contributed by atoms with van der Waals surface area (Å²) in [6.07, 6.45) is 3.72. The molecule has 2 aromatic heterocycles. The van der Waals surface area contributed by atoms with Gasteiger partial charge in [0, 0.05) is 38.0 Å². The molecule has 2 N–H and O–H groups in total. The summed E-state index contributed by atoms with van der Waals surface area (Å²) >= 11 is 0. The van der Waals surface area contributed by atoms with Crippen molar-refractivity contribution in [2.24, 2.45) is 0 Å². The highest BCUT2D eigenvalue weighted by atomic mass is 15.3. The maximum atomic E-state index is 4.51. The van der Waals surface area contributed by atoms with E-state index in [4.69, 9.17) is 0 Å². The highest BCUT2D eigenvalue weighted by Crippen LogP contribution is 2.16. The number of hydrogen-bond acceptors (Lipinski definition) is 5. The van der Waals surface area contributed by atoms with Crippen molar-refractivity contribution in [1.29, 1.82) is 0 Å². The third-order valence-corrected chi connectivity index (χ3v) is 2.72. The number of rotatable bonds is 6. The summed E-state index contributed by atoms with van der Waals surface area (Å²) in [6, 6.07) is 3.83. The smallest absolute Gasteiger partial charge is 0.135 e. The van der Waals surface area contributed by atoms with E-state index in [0.29, 0.717) is 5.92 Å². The molecular weight excluding hydrogens is 240 g/mol. The zero-order chi connectivity index (χ0) is 13.7. The fourth-order valence-corrected chi connectivity index (χ4v) is 1.67. The molecule has 102 valence electrons. The molecule has 0 unspecified atom stereocenters. The molecule has 6 nitrogen and oxygen atoms in total. The lowest BCUT2D eigenvalue weighted by Gasteiger charge is -2.11. The molecule has 0 aromatic carbocycles. The first-order chi connectivity index (χ1) is 9.19. The van der Waals surface area contributed by atoms with E-state index >= 15 is 0 Å². The van der Waals surface area contributed by atoms with Crippen molar-refractivity contribution in [2.45, 2.75) is 26.3 Å². The van der Waals surface area contributed by atoms with Crippen LogP contribution in [0.1, 0.15) is 25.6 Å². The quantitative estimate of drug-likeness (QED) is 0.831. The van der Waals surface area contributed by atoms with Crippen LogP contribution in [0.4, 0.5) is 11.6 Å². The second-order valence-electron chi connectivity index (χ2n) is 4.60. The van der Waals surface area contributed by atoms with E-state index in [-0.39, 0.29) is 0 Å². The second-order valence-corrected chi connectivity index (χ2v) is 4.60. The van der Waals surface area contributed by atoms with E-state index in [1.165, 1.54) is 0 Å². The van der Waals surface area contributed by atoms with E-state index in [9.17, 15) is 0 Å². The van der Waals surface area contributed by atoms with Crippen molar-refractivity contribution in [3.05, 3.63) is 30.4 Å². The molecular formula is C13H20N6. The van der Waals surface area contributed by atoms with Gasteiger partial charge in [-0.2, -0.15) is 5.10 Å². The van der Waals surface area contributed by atoms with Crippen molar-refractivity contribution in [3.8, 4) is 0 Å². The first-order valence-corrected chi connectivity index (χ1v) is 6.47. The van der Waals surface area contributed by atoms with Crippen LogP contribution in [0, 0.1) is 0 Å². The molecule has 2 aromatic rings. The van der Waals surface area contributed by atoms with Crippen LogP contribution in [-0.2, 0) is 6.54 Å². The Morgan fingerprint density at radius 2 is 2.05 bits per heavy atom. The van der Waals surface area contributed by atoms with Gasteiger partial charge in [-0.05, 0) is 6.07 Å². The number of nitrogens with zero attached hydrogens (tertiary/aromatic N) is 4. The lowest BCUT2D eigenvalue weighted by molar-refractivity contribution is 0.636. The average molecular weight is 260 g/mol. The Bertz CT molecular complexity index is 506. The largest absolute Gasteiger partial charge is 0.373 e. The van der Waals surface area contributed by atoms with E-state index in [1.807, 2.05) is 30.1 Å². The van der Waals surface area contributed by atoms with Crippen LogP contribution in [0.2, 0.25) is 0 Å². The molecule has 2 rings (SSSR count). The standard InChI is InChI=1S/C13H20N6/c1-10(2)13-17-11(14-3)9-12(18-13)15-6-8-19-7-4-5-16-19/h4-5,7,9-10H,6,8H2,1-3H3,(H2,14,15,17,18). The summed E-state index contributed by atoms with van der Waals surface area (Å²) in [5.41, 5.74) is 0. The third-order valence-electron chi connectivity index (χ3n) is 2.72. The van der Waals surface area contributed by atoms with Gasteiger partial charge in [0.05, 0.1) is 6.54 Å². The van der Waals surface area contributed by atoms with Crippen LogP contribution in [0.25, 0.3) is 0 Å². The molecule has 6 heteroatoms. The number of nitrogens with one attached hydrogen (secondary N) is 2. The second kappa shape index (κ2) is 6.17. The molecule has 0 bridgehead atoms. The van der Waals surface area contributed by atoms with Crippen molar-refractivity contribution in [1.82, 2.24) is 19.7 Å². The van der Waals surface area contributed by atoms with Gasteiger partial charge in [-0.3, -0.25) is 4.68 Å². The van der Waals surface area contributed by atoms with Crippen LogP contribution >= 0.6 is 0 Å². The summed E-state index contributed by atoms with van der Waals surface area (Å²) < 4.78 is 1.89. The Morgan fingerprint density at radius 1 is 1.26 bits per heavy atom. The molecule has 0 fully saturated rings. The fourth-order valence-electron chi connectivity index (χ4n) is 1.67. The van der Waals surface area contributed by atoms with E-state index in [0.717, 1.165) is 30.5 Å². The summed E-state index contributed by atoms with van der Waals surface area (Å²) in [6.45, 7) is 5.76. The fraction of sp³-hybridized carbons (Fsp3) is 0.462. The number of aromatic nitrogens is 4. The minimum atomic E-state index is 0.306. The normalized spacial score (nSPS) is 10.7. The average Bonchev–Trinajstić information content (AvgIpc) is 2.91. The predicted molar refractivity (Wildman–Crippen MR) is 76.4 cm³/mol. The van der Waals surface area contributed by atoms with E-state index in [1.54, 1.807) is 6.20 Å². The summed E-state index contributed by atoms with van der Waals surface area (Å²) in [4.78, 5) is 8.94. The van der Waals surface area contributed by atoms with Gasteiger partial charge < -0.3 is 10.6 Å². The van der Waals surface area contributed by atoms with Gasteiger partial charge in [-0.25, -0.2) is 9.97 Å². The van der Waals surface area contributed by atoms with Crippen LogP contribution < -0.4 is 10.6 Å². The van der Waals surface area contributed by atoms with Gasteiger partial charge in [0.2, 0.25) is 0 Å². The summed E-state index contributed by atoms with van der Waals surface area (Å²) in [5, 5.41) is 10.5. The van der Waals surface area contributed by atoms with Gasteiger partial charge in [-0.15, -0.1) is 0 Å². The van der Waals surface area contributed by atoms with Gasteiger partial charge in [-0.1, -0.05) is 13.8 Å². The Labute approximate surface area is 113 Å². The zero-order valence-electron chi connectivity index (χ0n) is 11.6. The van der Waals surface area contributed by atoms with Gasteiger partial charge in [0.1, 0.15) is 17.5 Å². The maximum absolute atomic E-state index is 4.51. The molecule has 0 aliphatic carbocycles. The van der Waals surface area contributed by atoms with Gasteiger partial charge in [0.25, 0.3) is 0 Å². The van der Waals surface area contributed by atoms with Crippen molar-refractivity contribution >= 4 is 11.6 Å². The van der Waals surface area contributed by atoms with Crippen LogP contribution in [0.15, 0.2) is 24.5 Å². The first-order valence-electron chi connectivity index (χ1n) is 6.47. The predicted octanol–water partition coefficient (Wildman–Crippen LogP) is 1.95. The molecule has 0 atom stereocenters. The Morgan fingerprint density at radius 3 is 2.68 bits per heavy atom. The minimum absolute atomic E-state index is 0.306. The summed E-state index contributed by atoms with van der Waals surface area (Å²) in [7, 11) is 1.86. The SMILES string of the molecule is CNc1cc(NCCn2cccn2)nc(C(C)C)n1. The molecule has 0 radical (unpaired) electrons. The van der Waals surface area contributed by atoms with Crippen LogP contribution in [0.3, 0.4) is 0 Å². The monoisotopic (exact) mass is 260 g/mol. The lowest BCUT2D eigenvalue weighted by atomic mass is 10.2. The van der Waals surface area contributed by atoms with Crippen molar-refractivity contribution in [2.75, 3.05) is 24.2 Å². The Kier molecular flexibility index (Phi) is 4.33. The van der Waals surface area contributed by atoms with Gasteiger partial charge >= 0.3 is 0 Å². The highest BCUT2D eigenvalue weighted by Gasteiger charge is 2.07. The molecule has 0 aliphatic heterocycles. The molecule has 0 saturated carbocycles. The molecule has 19 heavy (non-hydrogen) atoms. The van der Waals surface area contributed by atoms with Crippen molar-refractivity contribution in [3.63, 3.8) is 0 Å². The minimum Gasteiger partial charge on any atom is -0.373 e. The van der Waals surface area contributed by atoms with Crippen LogP contribution in [0.5, 0.6) is 0 Å². The van der Waals surface area contributed by atoms with E-state index < -0.39 is 0 Å². The topological polar surface area (TPSA) is 67.7 Å². The van der Waals surface area contributed by atoms with Crippen LogP contribution in [-0.4, -0.2) is 33.3 Å². The zero-order valence-corrected chi connectivity index (χ0v) is 11.6. The first kappa shape index (κ1) is 13.3. The highest BCUT2D eigenvalue weighted by molar-refractivity contribution is 5.47. The lowest BCUT2D eigenvalue weighted by Crippen LogP contribution is -2.13. The number of hydrogen-bond donors (Lipinski definition) is 2. The molecule has 0 amide bonds. The van der Waals surface area contributed by atoms with E-state index in [2.05, 4.69) is 39.5 Å². The molecule has 0 aliphatic rings. The number of anilines is 2. The Hall–Kier alpha value is -2.11. The third kappa shape index (κ3) is 3.67. The van der Waals surface area contributed by atoms with Crippen molar-refractivity contribution < 1.29 is 0 Å². The summed E-state index contributed by atoms with van der Waals surface area (Å²) in [5.74, 6) is 2.82. The van der Waals surface area contributed by atoms with Gasteiger partial charge in [0.15, 0.2) is 0 Å². The maximum Gasteiger partial charge on any atom is 0.135 e. The molecule has 0 spiro atoms.